The summed E-state index contributed by atoms with van der Waals surface area (Å²) in [6.07, 6.45) is 0.0605. The van der Waals surface area contributed by atoms with Gasteiger partial charge in [-0.2, -0.15) is 4.99 Å². The maximum Gasteiger partial charge on any atom is 0.252 e. The van der Waals surface area contributed by atoms with E-state index in [4.69, 9.17) is 4.74 Å². The zero-order chi connectivity index (χ0) is 21.3. The molecule has 0 unspecified atom stereocenters. The van der Waals surface area contributed by atoms with Crippen LogP contribution < -0.4 is 4.74 Å². The Kier molecular flexibility index (Phi) is 5.84. The molecule has 2 aliphatic rings. The van der Waals surface area contributed by atoms with Crippen LogP contribution in [0.4, 0.5) is 4.39 Å². The zero-order valence-electron chi connectivity index (χ0n) is 16.3. The highest BCUT2D eigenvalue weighted by Gasteiger charge is 2.48. The highest BCUT2D eigenvalue weighted by Crippen LogP contribution is 2.39. The highest BCUT2D eigenvalue weighted by atomic mass is 32.2. The SMILES string of the molecule is COc1cccc(CN2C(=NC(=O)Cc3ccc(F)cc3)S[C@H]3CS(=O)(=O)C[C@H]32)c1. The Hall–Kier alpha value is -2.39. The number of thioether (sulfide) groups is 1. The number of nitrogens with zero attached hydrogens (tertiary/aromatic N) is 2. The third-order valence-corrected chi connectivity index (χ3v) is 8.40. The van der Waals surface area contributed by atoms with Gasteiger partial charge in [0.1, 0.15) is 11.6 Å². The van der Waals surface area contributed by atoms with E-state index in [0.29, 0.717) is 23.0 Å². The highest BCUT2D eigenvalue weighted by molar-refractivity contribution is 8.15. The number of amides is 1. The molecule has 4 rings (SSSR count). The minimum Gasteiger partial charge on any atom is -0.497 e. The summed E-state index contributed by atoms with van der Waals surface area (Å²) in [7, 11) is -1.52. The number of methoxy groups -OCH3 is 1. The van der Waals surface area contributed by atoms with Crippen molar-refractivity contribution in [3.05, 3.63) is 65.5 Å². The van der Waals surface area contributed by atoms with Gasteiger partial charge in [-0.05, 0) is 35.4 Å². The smallest absolute Gasteiger partial charge is 0.252 e. The van der Waals surface area contributed by atoms with Crippen molar-refractivity contribution in [3.8, 4) is 5.75 Å². The summed E-state index contributed by atoms with van der Waals surface area (Å²) in [5.74, 6) is 0.146. The summed E-state index contributed by atoms with van der Waals surface area (Å²) < 4.78 is 42.6. The van der Waals surface area contributed by atoms with Crippen molar-refractivity contribution in [2.24, 2.45) is 4.99 Å². The molecule has 0 N–H and O–H groups in total. The molecule has 2 fully saturated rings. The molecule has 30 heavy (non-hydrogen) atoms. The van der Waals surface area contributed by atoms with Gasteiger partial charge in [-0.25, -0.2) is 12.8 Å². The molecular formula is C21H21FN2O4S2. The first-order valence-corrected chi connectivity index (χ1v) is 12.2. The number of aliphatic imine (C=N–C) groups is 1. The second-order valence-electron chi connectivity index (χ2n) is 7.37. The predicted octanol–water partition coefficient (Wildman–Crippen LogP) is 2.67. The quantitative estimate of drug-likeness (QED) is 0.700. The van der Waals surface area contributed by atoms with Crippen molar-refractivity contribution in [3.63, 3.8) is 0 Å². The first kappa shape index (κ1) is 20.9. The maximum atomic E-state index is 13.1. The zero-order valence-corrected chi connectivity index (χ0v) is 18.0. The van der Waals surface area contributed by atoms with Crippen LogP contribution in [0.15, 0.2) is 53.5 Å². The second-order valence-corrected chi connectivity index (χ2v) is 10.7. The Labute approximate surface area is 179 Å². The van der Waals surface area contributed by atoms with Crippen molar-refractivity contribution in [2.45, 2.75) is 24.3 Å². The Morgan fingerprint density at radius 1 is 1.20 bits per heavy atom. The van der Waals surface area contributed by atoms with Crippen LogP contribution >= 0.6 is 11.8 Å². The minimum absolute atomic E-state index is 0.0554. The summed E-state index contributed by atoms with van der Waals surface area (Å²) >= 11 is 1.35. The number of sulfone groups is 1. The standard InChI is InChI=1S/C21H21FN2O4S2/c1-28-17-4-2-3-15(9-17)11-24-18-12-30(26,27)13-19(18)29-21(24)23-20(25)10-14-5-7-16(22)8-6-14/h2-9,18-19H,10-13H2,1H3/t18-,19+/m1/s1. The molecular weight excluding hydrogens is 427 g/mol. The van der Waals surface area contributed by atoms with Gasteiger partial charge >= 0.3 is 0 Å². The summed E-state index contributed by atoms with van der Waals surface area (Å²) in [5.41, 5.74) is 1.62. The van der Waals surface area contributed by atoms with Crippen LogP contribution in [0.5, 0.6) is 5.75 Å². The molecule has 6 nitrogen and oxygen atoms in total. The number of benzene rings is 2. The van der Waals surface area contributed by atoms with E-state index < -0.39 is 9.84 Å². The Morgan fingerprint density at radius 3 is 2.70 bits per heavy atom. The van der Waals surface area contributed by atoms with E-state index in [1.165, 1.54) is 23.9 Å². The lowest BCUT2D eigenvalue weighted by Crippen LogP contribution is -2.37. The molecule has 0 saturated carbocycles. The number of hydrogen-bond donors (Lipinski definition) is 0. The van der Waals surface area contributed by atoms with Crippen LogP contribution in [0.3, 0.4) is 0 Å². The fourth-order valence-electron chi connectivity index (χ4n) is 3.71. The largest absolute Gasteiger partial charge is 0.497 e. The third kappa shape index (κ3) is 4.67. The monoisotopic (exact) mass is 448 g/mol. The van der Waals surface area contributed by atoms with Gasteiger partial charge in [0.25, 0.3) is 5.91 Å². The van der Waals surface area contributed by atoms with E-state index in [2.05, 4.69) is 4.99 Å². The Bertz CT molecular complexity index is 1090. The molecule has 0 bridgehead atoms. The average molecular weight is 449 g/mol. The fraction of sp³-hybridized carbons (Fsp3) is 0.333. The van der Waals surface area contributed by atoms with Crippen LogP contribution in [-0.2, 0) is 27.6 Å². The topological polar surface area (TPSA) is 76.0 Å². The van der Waals surface area contributed by atoms with Gasteiger partial charge in [0.2, 0.25) is 0 Å². The lowest BCUT2D eigenvalue weighted by molar-refractivity contribution is -0.117. The molecule has 2 aromatic carbocycles. The van der Waals surface area contributed by atoms with E-state index in [1.807, 2.05) is 29.2 Å². The summed E-state index contributed by atoms with van der Waals surface area (Å²) in [6, 6.07) is 13.1. The van der Waals surface area contributed by atoms with E-state index >= 15 is 0 Å². The molecule has 0 radical (unpaired) electrons. The van der Waals surface area contributed by atoms with Gasteiger partial charge < -0.3 is 9.64 Å². The number of carbonyl (C=O) groups is 1. The van der Waals surface area contributed by atoms with Crippen molar-refractivity contribution in [1.82, 2.24) is 4.90 Å². The van der Waals surface area contributed by atoms with Crippen LogP contribution in [0, 0.1) is 5.82 Å². The summed E-state index contributed by atoms with van der Waals surface area (Å²) in [5, 5.41) is 0.396. The number of hydrogen-bond acceptors (Lipinski definition) is 5. The summed E-state index contributed by atoms with van der Waals surface area (Å²) in [4.78, 5) is 18.7. The first-order valence-electron chi connectivity index (χ1n) is 9.45. The van der Waals surface area contributed by atoms with E-state index in [9.17, 15) is 17.6 Å². The fourth-order valence-corrected chi connectivity index (χ4v) is 7.68. The predicted molar refractivity (Wildman–Crippen MR) is 115 cm³/mol. The minimum atomic E-state index is -3.11. The molecule has 158 valence electrons. The molecule has 0 spiro atoms. The van der Waals surface area contributed by atoms with E-state index in [-0.39, 0.29) is 40.9 Å². The molecule has 9 heteroatoms. The number of fused-ring (bicyclic) bond motifs is 1. The lowest BCUT2D eigenvalue weighted by atomic mass is 10.1. The number of amidine groups is 1. The van der Waals surface area contributed by atoms with Crippen LogP contribution in [0.1, 0.15) is 11.1 Å². The molecule has 2 aliphatic heterocycles. The lowest BCUT2D eigenvalue weighted by Gasteiger charge is -2.24. The van der Waals surface area contributed by atoms with Gasteiger partial charge in [0, 0.05) is 11.8 Å². The van der Waals surface area contributed by atoms with E-state index in [0.717, 1.165) is 5.56 Å². The maximum absolute atomic E-state index is 13.1. The van der Waals surface area contributed by atoms with Crippen molar-refractivity contribution < 1.29 is 22.3 Å². The van der Waals surface area contributed by atoms with Gasteiger partial charge in [-0.1, -0.05) is 36.0 Å². The molecule has 2 atom stereocenters. The third-order valence-electron chi connectivity index (χ3n) is 5.15. The molecule has 2 aromatic rings. The van der Waals surface area contributed by atoms with Crippen molar-refractivity contribution >= 4 is 32.7 Å². The number of carbonyl (C=O) groups excluding carboxylic acids is 1. The van der Waals surface area contributed by atoms with Crippen molar-refractivity contribution in [2.75, 3.05) is 18.6 Å². The normalized spacial score (nSPS) is 23.5. The van der Waals surface area contributed by atoms with Gasteiger partial charge in [0.05, 0.1) is 31.1 Å². The second kappa shape index (κ2) is 8.39. The molecule has 2 saturated heterocycles. The summed E-state index contributed by atoms with van der Waals surface area (Å²) in [6.45, 7) is 0.434. The van der Waals surface area contributed by atoms with Gasteiger partial charge in [0.15, 0.2) is 15.0 Å². The van der Waals surface area contributed by atoms with Gasteiger partial charge in [-0.15, -0.1) is 0 Å². The van der Waals surface area contributed by atoms with Crippen LogP contribution in [-0.4, -0.2) is 54.3 Å². The van der Waals surface area contributed by atoms with Crippen molar-refractivity contribution in [1.29, 1.82) is 0 Å². The molecule has 2 heterocycles. The van der Waals surface area contributed by atoms with E-state index in [1.54, 1.807) is 19.2 Å². The van der Waals surface area contributed by atoms with Crippen LogP contribution in [0.2, 0.25) is 0 Å². The Balaban J connectivity index is 1.57. The molecule has 0 aliphatic carbocycles. The van der Waals surface area contributed by atoms with Crippen LogP contribution in [0.25, 0.3) is 0 Å². The average Bonchev–Trinajstić information content (AvgIpc) is 3.16. The molecule has 1 amide bonds. The first-order chi connectivity index (χ1) is 14.3. The van der Waals surface area contributed by atoms with Gasteiger partial charge in [-0.3, -0.25) is 4.79 Å². The number of ether oxygens (including phenoxy) is 1. The molecule has 0 aromatic heterocycles. The Morgan fingerprint density at radius 2 is 1.97 bits per heavy atom. The number of rotatable bonds is 5. The number of halogens is 1.